The van der Waals surface area contributed by atoms with E-state index in [-0.39, 0.29) is 0 Å². The van der Waals surface area contributed by atoms with Crippen LogP contribution < -0.4 is 5.32 Å². The first-order valence-corrected chi connectivity index (χ1v) is 7.03. The maximum atomic E-state index is 8.97. The third kappa shape index (κ3) is 3.40. The van der Waals surface area contributed by atoms with Gasteiger partial charge in [0, 0.05) is 11.7 Å². The van der Waals surface area contributed by atoms with Crippen molar-refractivity contribution in [3.05, 3.63) is 28.8 Å². The summed E-state index contributed by atoms with van der Waals surface area (Å²) in [5.41, 5.74) is 1.55. The molecule has 2 rings (SSSR count). The fourth-order valence-electron chi connectivity index (χ4n) is 2.57. The molecule has 0 heterocycles. The van der Waals surface area contributed by atoms with Gasteiger partial charge >= 0.3 is 0 Å². The Kier molecular flexibility index (Phi) is 4.49. The lowest BCUT2D eigenvalue weighted by Gasteiger charge is -2.18. The van der Waals surface area contributed by atoms with Crippen LogP contribution in [0.15, 0.2) is 18.2 Å². The van der Waals surface area contributed by atoms with Gasteiger partial charge in [-0.1, -0.05) is 31.4 Å². The van der Waals surface area contributed by atoms with E-state index < -0.39 is 0 Å². The number of halogens is 1. The Balaban J connectivity index is 2.03. The van der Waals surface area contributed by atoms with Gasteiger partial charge in [-0.05, 0) is 43.4 Å². The largest absolute Gasteiger partial charge is 0.382 e. The summed E-state index contributed by atoms with van der Waals surface area (Å²) in [5, 5.41) is 13.0. The van der Waals surface area contributed by atoms with E-state index in [0.29, 0.717) is 16.6 Å². The first-order valence-electron chi connectivity index (χ1n) is 6.65. The van der Waals surface area contributed by atoms with Crippen LogP contribution in [-0.4, -0.2) is 6.04 Å². The molecule has 0 aromatic heterocycles. The van der Waals surface area contributed by atoms with E-state index in [4.69, 9.17) is 16.9 Å². The molecule has 1 aliphatic rings. The molecule has 0 amide bonds. The van der Waals surface area contributed by atoms with Gasteiger partial charge in [0.1, 0.15) is 6.07 Å². The summed E-state index contributed by atoms with van der Waals surface area (Å²) < 4.78 is 0. The van der Waals surface area contributed by atoms with Gasteiger partial charge in [0.05, 0.1) is 10.6 Å². The average Bonchev–Trinajstić information content (AvgIpc) is 2.57. The molecule has 1 aromatic carbocycles. The highest BCUT2D eigenvalue weighted by molar-refractivity contribution is 6.31. The number of nitrogens with one attached hydrogen (secondary N) is 1. The number of rotatable bonds is 2. The average molecular weight is 263 g/mol. The second kappa shape index (κ2) is 6.11. The summed E-state index contributed by atoms with van der Waals surface area (Å²) in [6, 6.07) is 8.24. The lowest BCUT2D eigenvalue weighted by atomic mass is 10.0. The molecule has 0 bridgehead atoms. The van der Waals surface area contributed by atoms with Crippen molar-refractivity contribution in [1.82, 2.24) is 0 Å². The summed E-state index contributed by atoms with van der Waals surface area (Å²) >= 11 is 5.93. The molecule has 1 saturated carbocycles. The van der Waals surface area contributed by atoms with E-state index in [1.807, 2.05) is 12.1 Å². The van der Waals surface area contributed by atoms with Crippen molar-refractivity contribution in [3.8, 4) is 6.07 Å². The highest BCUT2D eigenvalue weighted by atomic mass is 35.5. The molecule has 1 aromatic rings. The monoisotopic (exact) mass is 262 g/mol. The van der Waals surface area contributed by atoms with Gasteiger partial charge in [-0.2, -0.15) is 5.26 Å². The van der Waals surface area contributed by atoms with Gasteiger partial charge in [-0.15, -0.1) is 0 Å². The summed E-state index contributed by atoms with van der Waals surface area (Å²) in [5.74, 6) is 0.844. The minimum absolute atomic E-state index is 0.525. The van der Waals surface area contributed by atoms with Crippen LogP contribution in [0.1, 0.15) is 44.6 Å². The van der Waals surface area contributed by atoms with E-state index in [1.54, 1.807) is 6.07 Å². The van der Waals surface area contributed by atoms with Gasteiger partial charge in [-0.3, -0.25) is 0 Å². The van der Waals surface area contributed by atoms with Crippen molar-refractivity contribution >= 4 is 17.3 Å². The number of nitriles is 1. The summed E-state index contributed by atoms with van der Waals surface area (Å²) in [4.78, 5) is 0. The molecular formula is C15H19ClN2. The topological polar surface area (TPSA) is 35.8 Å². The molecule has 0 aliphatic heterocycles. The minimum atomic E-state index is 0.525. The Morgan fingerprint density at radius 3 is 2.89 bits per heavy atom. The van der Waals surface area contributed by atoms with Crippen molar-refractivity contribution in [2.75, 3.05) is 5.32 Å². The van der Waals surface area contributed by atoms with Crippen LogP contribution in [0.5, 0.6) is 0 Å². The molecule has 0 radical (unpaired) electrons. The summed E-state index contributed by atoms with van der Waals surface area (Å²) in [6.45, 7) is 2.33. The van der Waals surface area contributed by atoms with Crippen molar-refractivity contribution in [1.29, 1.82) is 5.26 Å². The predicted octanol–water partition coefficient (Wildman–Crippen LogP) is 4.59. The van der Waals surface area contributed by atoms with Gasteiger partial charge in [0.25, 0.3) is 0 Å². The highest BCUT2D eigenvalue weighted by Gasteiger charge is 2.16. The van der Waals surface area contributed by atoms with Gasteiger partial charge in [0.15, 0.2) is 0 Å². The molecule has 2 nitrogen and oxygen atoms in total. The van der Waals surface area contributed by atoms with E-state index >= 15 is 0 Å². The number of benzene rings is 1. The molecule has 0 spiro atoms. The molecule has 0 saturated heterocycles. The minimum Gasteiger partial charge on any atom is -0.382 e. The Hall–Kier alpha value is -1.20. The zero-order valence-corrected chi connectivity index (χ0v) is 11.5. The molecule has 1 aliphatic carbocycles. The third-order valence-electron chi connectivity index (χ3n) is 3.72. The predicted molar refractivity (Wildman–Crippen MR) is 75.8 cm³/mol. The van der Waals surface area contributed by atoms with E-state index in [1.165, 1.54) is 32.1 Å². The third-order valence-corrected chi connectivity index (χ3v) is 4.04. The van der Waals surface area contributed by atoms with Crippen LogP contribution in [-0.2, 0) is 0 Å². The molecule has 96 valence electrons. The van der Waals surface area contributed by atoms with Crippen molar-refractivity contribution in [2.45, 2.75) is 45.1 Å². The van der Waals surface area contributed by atoms with E-state index in [9.17, 15) is 0 Å². The van der Waals surface area contributed by atoms with Crippen LogP contribution in [0.3, 0.4) is 0 Å². The second-order valence-corrected chi connectivity index (χ2v) is 5.67. The molecular weight excluding hydrogens is 244 g/mol. The molecule has 1 fully saturated rings. The van der Waals surface area contributed by atoms with Crippen molar-refractivity contribution < 1.29 is 0 Å². The van der Waals surface area contributed by atoms with Gasteiger partial charge < -0.3 is 5.32 Å². The molecule has 2 unspecified atom stereocenters. The summed E-state index contributed by atoms with van der Waals surface area (Å²) in [7, 11) is 0. The summed E-state index contributed by atoms with van der Waals surface area (Å²) in [6.07, 6.45) is 6.34. The number of anilines is 1. The number of hydrogen-bond acceptors (Lipinski definition) is 2. The van der Waals surface area contributed by atoms with Crippen LogP contribution in [0.25, 0.3) is 0 Å². The molecule has 2 atom stereocenters. The fraction of sp³-hybridized carbons (Fsp3) is 0.533. The molecule has 18 heavy (non-hydrogen) atoms. The smallest absolute Gasteiger partial charge is 0.101 e. The Morgan fingerprint density at radius 2 is 2.11 bits per heavy atom. The second-order valence-electron chi connectivity index (χ2n) is 5.26. The zero-order valence-electron chi connectivity index (χ0n) is 10.7. The number of nitrogens with zero attached hydrogens (tertiary/aromatic N) is 1. The van der Waals surface area contributed by atoms with Crippen molar-refractivity contribution in [3.63, 3.8) is 0 Å². The Labute approximate surface area is 114 Å². The lowest BCUT2D eigenvalue weighted by Crippen LogP contribution is -2.18. The zero-order chi connectivity index (χ0) is 13.0. The first-order chi connectivity index (χ1) is 8.69. The lowest BCUT2D eigenvalue weighted by molar-refractivity contribution is 0.502. The van der Waals surface area contributed by atoms with Crippen LogP contribution >= 0.6 is 11.6 Å². The number of hydrogen-bond donors (Lipinski definition) is 1. The Morgan fingerprint density at radius 1 is 1.28 bits per heavy atom. The normalized spacial score (nSPS) is 24.1. The maximum absolute atomic E-state index is 8.97. The first kappa shape index (κ1) is 13.2. The SMILES string of the molecule is CC1CCCC(Nc2ccc(Cl)c(C#N)c2)CC1. The Bertz CT molecular complexity index is 450. The van der Waals surface area contributed by atoms with Gasteiger partial charge in [-0.25, -0.2) is 0 Å². The fourth-order valence-corrected chi connectivity index (χ4v) is 2.73. The quantitative estimate of drug-likeness (QED) is 0.791. The molecule has 1 N–H and O–H groups in total. The highest BCUT2D eigenvalue weighted by Crippen LogP contribution is 2.26. The maximum Gasteiger partial charge on any atom is 0.101 e. The standard InChI is InChI=1S/C15H19ClN2/c1-11-3-2-4-13(6-5-11)18-14-7-8-15(16)12(9-14)10-17/h7-9,11,13,18H,2-6H2,1H3. The van der Waals surface area contributed by atoms with Gasteiger partial charge in [0.2, 0.25) is 0 Å². The van der Waals surface area contributed by atoms with E-state index in [2.05, 4.69) is 18.3 Å². The van der Waals surface area contributed by atoms with E-state index in [0.717, 1.165) is 11.6 Å². The van der Waals surface area contributed by atoms with Crippen LogP contribution in [0.4, 0.5) is 5.69 Å². The van der Waals surface area contributed by atoms with Crippen molar-refractivity contribution in [2.24, 2.45) is 5.92 Å². The molecule has 3 heteroatoms. The van der Waals surface area contributed by atoms with Crippen LogP contribution in [0, 0.1) is 17.2 Å². The van der Waals surface area contributed by atoms with Crippen LogP contribution in [0.2, 0.25) is 5.02 Å².